The summed E-state index contributed by atoms with van der Waals surface area (Å²) in [5, 5.41) is 0. The van der Waals surface area contributed by atoms with E-state index in [9.17, 15) is 0 Å². The molecule has 1 aromatic rings. The highest BCUT2D eigenvalue weighted by molar-refractivity contribution is 14.1. The van der Waals surface area contributed by atoms with Gasteiger partial charge in [-0.25, -0.2) is 0 Å². The molecule has 0 N–H and O–H groups in total. The molecule has 2 rings (SSSR count). The highest BCUT2D eigenvalue weighted by Gasteiger charge is 2.35. The number of allylic oxidation sites excluding steroid dienone is 4. The molecule has 16 heavy (non-hydrogen) atoms. The van der Waals surface area contributed by atoms with E-state index >= 15 is 0 Å². The van der Waals surface area contributed by atoms with Crippen molar-refractivity contribution in [2.75, 3.05) is 0 Å². The Morgan fingerprint density at radius 1 is 1.06 bits per heavy atom. The van der Waals surface area contributed by atoms with Crippen LogP contribution < -0.4 is 0 Å². The van der Waals surface area contributed by atoms with E-state index in [0.29, 0.717) is 3.92 Å². The molecular weight excluding hydrogens is 422 g/mol. The van der Waals surface area contributed by atoms with Gasteiger partial charge in [0.15, 0.2) is 0 Å². The normalized spacial score (nSPS) is 23.6. The van der Waals surface area contributed by atoms with E-state index in [-0.39, 0.29) is 5.41 Å². The molecule has 1 aliphatic rings. The first-order valence-electron chi connectivity index (χ1n) is 5.31. The number of halogens is 2. The maximum absolute atomic E-state index is 2.55. The summed E-state index contributed by atoms with van der Waals surface area (Å²) in [4.78, 5) is 0. The molecule has 0 aromatic heterocycles. The van der Waals surface area contributed by atoms with Crippen molar-refractivity contribution in [3.05, 3.63) is 51.6 Å². The molecule has 0 heterocycles. The monoisotopic (exact) mass is 436 g/mol. The number of alkyl halides is 1. The van der Waals surface area contributed by atoms with Gasteiger partial charge in [0.1, 0.15) is 0 Å². The number of benzene rings is 1. The van der Waals surface area contributed by atoms with Gasteiger partial charge < -0.3 is 0 Å². The quantitative estimate of drug-likeness (QED) is 0.418. The molecule has 0 saturated carbocycles. The predicted molar refractivity (Wildman–Crippen MR) is 88.1 cm³/mol. The molecule has 84 valence electrons. The Bertz CT molecular complexity index is 441. The van der Waals surface area contributed by atoms with E-state index in [1.54, 1.807) is 0 Å². The van der Waals surface area contributed by atoms with Gasteiger partial charge in [-0.3, -0.25) is 0 Å². The summed E-state index contributed by atoms with van der Waals surface area (Å²) in [5.41, 5.74) is 2.98. The van der Waals surface area contributed by atoms with E-state index in [1.807, 2.05) is 0 Å². The van der Waals surface area contributed by atoms with E-state index in [1.165, 1.54) is 14.7 Å². The summed E-state index contributed by atoms with van der Waals surface area (Å²) in [5.74, 6) is 0. The van der Waals surface area contributed by atoms with Gasteiger partial charge in [-0.05, 0) is 33.7 Å². The molecule has 0 saturated heterocycles. The first-order chi connectivity index (χ1) is 7.53. The average Bonchev–Trinajstić information content (AvgIpc) is 2.27. The van der Waals surface area contributed by atoms with E-state index in [2.05, 4.69) is 102 Å². The summed E-state index contributed by atoms with van der Waals surface area (Å²) >= 11 is 5.00. The zero-order chi connectivity index (χ0) is 11.8. The molecule has 0 aliphatic heterocycles. The van der Waals surface area contributed by atoms with Gasteiger partial charge in [-0.1, -0.05) is 78.9 Å². The van der Waals surface area contributed by atoms with Crippen LogP contribution in [0.1, 0.15) is 19.4 Å². The topological polar surface area (TPSA) is 0 Å². The van der Waals surface area contributed by atoms with Crippen molar-refractivity contribution < 1.29 is 0 Å². The highest BCUT2D eigenvalue weighted by atomic mass is 127. The lowest BCUT2D eigenvalue weighted by molar-refractivity contribution is 0.530. The summed E-state index contributed by atoms with van der Waals surface area (Å²) in [6.45, 7) is 4.66. The third-order valence-corrected chi connectivity index (χ3v) is 7.47. The molecule has 1 unspecified atom stereocenters. The third kappa shape index (κ3) is 2.23. The van der Waals surface area contributed by atoms with Crippen LogP contribution in [-0.2, 0) is 0 Å². The number of rotatable bonds is 1. The minimum atomic E-state index is 0.202. The van der Waals surface area contributed by atoms with Gasteiger partial charge in [-0.2, -0.15) is 0 Å². The minimum Gasteiger partial charge on any atom is -0.0760 e. The molecule has 0 fully saturated rings. The Morgan fingerprint density at radius 2 is 1.69 bits per heavy atom. The Hall–Kier alpha value is 0.160. The van der Waals surface area contributed by atoms with Crippen molar-refractivity contribution in [2.45, 2.75) is 17.8 Å². The molecule has 2 heteroatoms. The fraction of sp³-hybridized carbons (Fsp3) is 0.286. The molecule has 0 bridgehead atoms. The Kier molecular flexibility index (Phi) is 3.79. The molecule has 1 aromatic carbocycles. The van der Waals surface area contributed by atoms with Gasteiger partial charge in [-0.15, -0.1) is 0 Å². The van der Waals surface area contributed by atoms with Crippen molar-refractivity contribution in [1.82, 2.24) is 0 Å². The first-order valence-corrected chi connectivity index (χ1v) is 7.63. The minimum absolute atomic E-state index is 0.202. The third-order valence-electron chi connectivity index (χ3n) is 3.06. The second-order valence-electron chi connectivity index (χ2n) is 4.58. The van der Waals surface area contributed by atoms with Crippen LogP contribution in [-0.4, -0.2) is 3.92 Å². The smallest absolute Gasteiger partial charge is 0.0508 e. The maximum atomic E-state index is 2.55. The van der Waals surface area contributed by atoms with E-state index in [4.69, 9.17) is 0 Å². The van der Waals surface area contributed by atoms with Gasteiger partial charge >= 0.3 is 0 Å². The second-order valence-corrected chi connectivity index (χ2v) is 7.07. The van der Waals surface area contributed by atoms with E-state index in [0.717, 1.165) is 0 Å². The largest absolute Gasteiger partial charge is 0.0760 e. The number of hydrogen-bond acceptors (Lipinski definition) is 0. The molecule has 1 aliphatic carbocycles. The Labute approximate surface area is 124 Å². The zero-order valence-corrected chi connectivity index (χ0v) is 13.7. The molecule has 0 nitrogen and oxygen atoms in total. The van der Waals surface area contributed by atoms with Gasteiger partial charge in [0, 0.05) is 8.99 Å². The lowest BCUT2D eigenvalue weighted by Crippen LogP contribution is -2.28. The van der Waals surface area contributed by atoms with E-state index < -0.39 is 0 Å². The van der Waals surface area contributed by atoms with Crippen molar-refractivity contribution in [1.29, 1.82) is 0 Å². The average molecular weight is 436 g/mol. The summed E-state index contributed by atoms with van der Waals surface area (Å²) in [6, 6.07) is 10.7. The van der Waals surface area contributed by atoms with Crippen LogP contribution in [0.2, 0.25) is 0 Å². The van der Waals surface area contributed by atoms with Crippen LogP contribution in [0.3, 0.4) is 0 Å². The van der Waals surface area contributed by atoms with Gasteiger partial charge in [0.2, 0.25) is 0 Å². The fourth-order valence-corrected chi connectivity index (χ4v) is 3.53. The predicted octanol–water partition coefficient (Wildman–Crippen LogP) is 5.23. The van der Waals surface area contributed by atoms with Crippen LogP contribution in [0.5, 0.6) is 0 Å². The van der Waals surface area contributed by atoms with Crippen molar-refractivity contribution in [3.63, 3.8) is 0 Å². The Balaban J connectivity index is 2.49. The highest BCUT2D eigenvalue weighted by Crippen LogP contribution is 2.48. The standard InChI is InChI=1S/C14H14I2/c1-14(2)11(8-9-12(15)13(14)16)10-6-4-3-5-7-10/h3-9,13H,1-2H3. The fourth-order valence-electron chi connectivity index (χ4n) is 2.03. The van der Waals surface area contributed by atoms with Crippen molar-refractivity contribution in [2.24, 2.45) is 5.41 Å². The molecule has 0 spiro atoms. The summed E-state index contributed by atoms with van der Waals surface area (Å²) in [6.07, 6.45) is 4.51. The van der Waals surface area contributed by atoms with Gasteiger partial charge in [0.25, 0.3) is 0 Å². The van der Waals surface area contributed by atoms with Crippen molar-refractivity contribution >= 4 is 50.8 Å². The van der Waals surface area contributed by atoms with Crippen LogP contribution in [0.4, 0.5) is 0 Å². The molecule has 1 atom stereocenters. The van der Waals surface area contributed by atoms with Crippen molar-refractivity contribution in [3.8, 4) is 0 Å². The van der Waals surface area contributed by atoms with Crippen LogP contribution >= 0.6 is 45.2 Å². The first kappa shape index (κ1) is 12.6. The molecular formula is C14H14I2. The SMILES string of the molecule is CC1(C)C(c2ccccc2)=CC=C(I)C1I. The maximum Gasteiger partial charge on any atom is 0.0508 e. The van der Waals surface area contributed by atoms with Crippen LogP contribution in [0.15, 0.2) is 46.1 Å². The van der Waals surface area contributed by atoms with Crippen LogP contribution in [0.25, 0.3) is 5.57 Å². The zero-order valence-electron chi connectivity index (χ0n) is 9.37. The lowest BCUT2D eigenvalue weighted by Gasteiger charge is -2.36. The Morgan fingerprint density at radius 3 is 2.31 bits per heavy atom. The van der Waals surface area contributed by atoms with Crippen LogP contribution in [0, 0.1) is 5.41 Å². The molecule has 0 amide bonds. The summed E-state index contributed by atoms with van der Waals surface area (Å²) in [7, 11) is 0. The number of hydrogen-bond donors (Lipinski definition) is 0. The molecule has 0 radical (unpaired) electrons. The lowest BCUT2D eigenvalue weighted by atomic mass is 9.75. The summed E-state index contributed by atoms with van der Waals surface area (Å²) < 4.78 is 1.99. The van der Waals surface area contributed by atoms with Gasteiger partial charge in [0.05, 0.1) is 3.92 Å². The second kappa shape index (κ2) is 4.80.